The van der Waals surface area contributed by atoms with E-state index in [1.807, 2.05) is 6.92 Å². The molecule has 1 N–H and O–H groups in total. The average Bonchev–Trinajstić information content (AvgIpc) is 2.42. The Bertz CT molecular complexity index is 848. The highest BCUT2D eigenvalue weighted by molar-refractivity contribution is 6.31. The van der Waals surface area contributed by atoms with Crippen LogP contribution < -0.4 is 5.63 Å². The molecule has 0 atom stereocenters. The van der Waals surface area contributed by atoms with Gasteiger partial charge in [0.1, 0.15) is 11.3 Å². The van der Waals surface area contributed by atoms with Crippen molar-refractivity contribution in [1.29, 1.82) is 0 Å². The molecular formula is C16H11ClO3. The van der Waals surface area contributed by atoms with Crippen LogP contribution in [0.15, 0.2) is 51.7 Å². The third kappa shape index (κ3) is 2.06. The van der Waals surface area contributed by atoms with E-state index < -0.39 is 5.63 Å². The number of hydrogen-bond donors (Lipinski definition) is 1. The number of hydrogen-bond acceptors (Lipinski definition) is 3. The Hall–Kier alpha value is -2.26. The Morgan fingerprint density at radius 3 is 2.50 bits per heavy atom. The van der Waals surface area contributed by atoms with E-state index in [4.69, 9.17) is 16.0 Å². The summed E-state index contributed by atoms with van der Waals surface area (Å²) in [5.74, 6) is 0.152. The van der Waals surface area contributed by atoms with Gasteiger partial charge in [0.25, 0.3) is 0 Å². The van der Waals surface area contributed by atoms with Crippen molar-refractivity contribution in [1.82, 2.24) is 0 Å². The van der Waals surface area contributed by atoms with Crippen LogP contribution in [0.4, 0.5) is 0 Å². The minimum Gasteiger partial charge on any atom is -0.508 e. The summed E-state index contributed by atoms with van der Waals surface area (Å²) < 4.78 is 5.34. The number of halogens is 1. The van der Waals surface area contributed by atoms with Gasteiger partial charge in [0.05, 0.1) is 5.56 Å². The van der Waals surface area contributed by atoms with Gasteiger partial charge < -0.3 is 9.52 Å². The molecule has 0 saturated carbocycles. The zero-order chi connectivity index (χ0) is 14.3. The van der Waals surface area contributed by atoms with E-state index in [9.17, 15) is 9.90 Å². The van der Waals surface area contributed by atoms with Crippen LogP contribution in [0.2, 0.25) is 5.02 Å². The lowest BCUT2D eigenvalue weighted by molar-refractivity contribution is 0.475. The van der Waals surface area contributed by atoms with Crippen molar-refractivity contribution < 1.29 is 9.52 Å². The molecule has 0 amide bonds. The lowest BCUT2D eigenvalue weighted by atomic mass is 9.99. The molecule has 3 aromatic rings. The summed E-state index contributed by atoms with van der Waals surface area (Å²) in [6.45, 7) is 1.86. The molecule has 4 heteroatoms. The normalized spacial score (nSPS) is 10.9. The molecule has 3 rings (SSSR count). The van der Waals surface area contributed by atoms with Crippen LogP contribution in [0.3, 0.4) is 0 Å². The van der Waals surface area contributed by atoms with E-state index in [1.54, 1.807) is 30.3 Å². The Labute approximate surface area is 120 Å². The minimum absolute atomic E-state index is 0.152. The molecular weight excluding hydrogens is 276 g/mol. The number of aromatic hydroxyl groups is 1. The third-order valence-electron chi connectivity index (χ3n) is 3.28. The van der Waals surface area contributed by atoms with E-state index >= 15 is 0 Å². The molecule has 0 aliphatic carbocycles. The van der Waals surface area contributed by atoms with Gasteiger partial charge in [0, 0.05) is 10.4 Å². The molecule has 0 fully saturated rings. The topological polar surface area (TPSA) is 50.4 Å². The Kier molecular flexibility index (Phi) is 2.99. The highest BCUT2D eigenvalue weighted by Gasteiger charge is 2.13. The van der Waals surface area contributed by atoms with Gasteiger partial charge in [0.2, 0.25) is 0 Å². The lowest BCUT2D eigenvalue weighted by Gasteiger charge is -2.08. The second-order valence-electron chi connectivity index (χ2n) is 4.58. The standard InChI is InChI=1S/C16H11ClO3/c1-9-13-8-11(17)4-7-14(13)20-16(19)15(9)10-2-5-12(18)6-3-10/h2-8,18H,1H3. The second kappa shape index (κ2) is 4.69. The van der Waals surface area contributed by atoms with Crippen molar-refractivity contribution in [3.8, 4) is 16.9 Å². The number of benzene rings is 2. The molecule has 0 aliphatic heterocycles. The smallest absolute Gasteiger partial charge is 0.344 e. The molecule has 20 heavy (non-hydrogen) atoms. The lowest BCUT2D eigenvalue weighted by Crippen LogP contribution is -2.05. The Balaban J connectivity index is 2.35. The molecule has 0 unspecified atom stereocenters. The largest absolute Gasteiger partial charge is 0.508 e. The van der Waals surface area contributed by atoms with E-state index in [2.05, 4.69) is 0 Å². The fourth-order valence-electron chi connectivity index (χ4n) is 2.29. The van der Waals surface area contributed by atoms with E-state index in [-0.39, 0.29) is 5.75 Å². The molecule has 100 valence electrons. The molecule has 2 aromatic carbocycles. The summed E-state index contributed by atoms with van der Waals surface area (Å²) in [5.41, 5.74) is 2.11. The van der Waals surface area contributed by atoms with Gasteiger partial charge >= 0.3 is 5.63 Å². The van der Waals surface area contributed by atoms with Crippen molar-refractivity contribution in [3.63, 3.8) is 0 Å². The van der Waals surface area contributed by atoms with Crippen molar-refractivity contribution in [3.05, 3.63) is 63.5 Å². The van der Waals surface area contributed by atoms with Gasteiger partial charge in [0.15, 0.2) is 0 Å². The molecule has 1 heterocycles. The summed E-state index contributed by atoms with van der Waals surface area (Å²) in [7, 11) is 0. The second-order valence-corrected chi connectivity index (χ2v) is 5.01. The maximum atomic E-state index is 12.2. The highest BCUT2D eigenvalue weighted by Crippen LogP contribution is 2.29. The zero-order valence-corrected chi connectivity index (χ0v) is 11.4. The molecule has 0 spiro atoms. The van der Waals surface area contributed by atoms with Crippen LogP contribution in [0, 0.1) is 6.92 Å². The zero-order valence-electron chi connectivity index (χ0n) is 10.7. The van der Waals surface area contributed by atoms with Gasteiger partial charge in [-0.1, -0.05) is 23.7 Å². The SMILES string of the molecule is Cc1c(-c2ccc(O)cc2)c(=O)oc2ccc(Cl)cc12. The highest BCUT2D eigenvalue weighted by atomic mass is 35.5. The molecule has 0 saturated heterocycles. The first-order valence-electron chi connectivity index (χ1n) is 6.08. The maximum Gasteiger partial charge on any atom is 0.344 e. The van der Waals surface area contributed by atoms with Gasteiger partial charge in [-0.3, -0.25) is 0 Å². The van der Waals surface area contributed by atoms with Gasteiger partial charge in [-0.05, 0) is 48.4 Å². The fraction of sp³-hybridized carbons (Fsp3) is 0.0625. The summed E-state index contributed by atoms with van der Waals surface area (Å²) >= 11 is 6.00. The summed E-state index contributed by atoms with van der Waals surface area (Å²) in [6.07, 6.45) is 0. The molecule has 3 nitrogen and oxygen atoms in total. The maximum absolute atomic E-state index is 12.2. The third-order valence-corrected chi connectivity index (χ3v) is 3.52. The summed E-state index contributed by atoms with van der Waals surface area (Å²) in [5, 5.41) is 10.7. The van der Waals surface area contributed by atoms with Crippen LogP contribution in [-0.4, -0.2) is 5.11 Å². The van der Waals surface area contributed by atoms with Gasteiger partial charge in [-0.2, -0.15) is 0 Å². The van der Waals surface area contributed by atoms with Crippen molar-refractivity contribution >= 4 is 22.6 Å². The van der Waals surface area contributed by atoms with E-state index in [0.29, 0.717) is 21.7 Å². The van der Waals surface area contributed by atoms with E-state index in [1.165, 1.54) is 12.1 Å². The van der Waals surface area contributed by atoms with Crippen LogP contribution in [-0.2, 0) is 0 Å². The predicted molar refractivity (Wildman–Crippen MR) is 79.3 cm³/mol. The van der Waals surface area contributed by atoms with Crippen LogP contribution in [0.5, 0.6) is 5.75 Å². The van der Waals surface area contributed by atoms with Crippen LogP contribution in [0.25, 0.3) is 22.1 Å². The fourth-order valence-corrected chi connectivity index (χ4v) is 2.46. The first kappa shape index (κ1) is 12.8. The number of phenols is 1. The van der Waals surface area contributed by atoms with Crippen LogP contribution in [0.1, 0.15) is 5.56 Å². The number of phenolic OH excluding ortho intramolecular Hbond substituents is 1. The van der Waals surface area contributed by atoms with Gasteiger partial charge in [-0.15, -0.1) is 0 Å². The molecule has 0 radical (unpaired) electrons. The van der Waals surface area contributed by atoms with Crippen LogP contribution >= 0.6 is 11.6 Å². The number of rotatable bonds is 1. The van der Waals surface area contributed by atoms with Gasteiger partial charge in [-0.25, -0.2) is 4.79 Å². The number of fused-ring (bicyclic) bond motifs is 1. The molecule has 0 bridgehead atoms. The monoisotopic (exact) mass is 286 g/mol. The average molecular weight is 287 g/mol. The molecule has 1 aromatic heterocycles. The first-order chi connectivity index (χ1) is 9.56. The minimum atomic E-state index is -0.400. The predicted octanol–water partition coefficient (Wildman–Crippen LogP) is 4.13. The summed E-state index contributed by atoms with van der Waals surface area (Å²) in [6, 6.07) is 11.6. The van der Waals surface area contributed by atoms with E-state index in [0.717, 1.165) is 10.9 Å². The quantitative estimate of drug-likeness (QED) is 0.684. The van der Waals surface area contributed by atoms with Crippen molar-refractivity contribution in [2.24, 2.45) is 0 Å². The number of aryl methyl sites for hydroxylation is 1. The molecule has 0 aliphatic rings. The first-order valence-corrected chi connectivity index (χ1v) is 6.46. The van der Waals surface area contributed by atoms with Crippen molar-refractivity contribution in [2.75, 3.05) is 0 Å². The Morgan fingerprint density at radius 1 is 1.10 bits per heavy atom. The Morgan fingerprint density at radius 2 is 1.80 bits per heavy atom. The summed E-state index contributed by atoms with van der Waals surface area (Å²) in [4.78, 5) is 12.2. The van der Waals surface area contributed by atoms with Crippen molar-refractivity contribution in [2.45, 2.75) is 6.92 Å².